The van der Waals surface area contributed by atoms with Crippen molar-refractivity contribution in [3.05, 3.63) is 72.6 Å². The summed E-state index contributed by atoms with van der Waals surface area (Å²) < 4.78 is 4.79. The largest absolute Gasteiger partial charge is 0.453 e. The number of carbonyl (C=O) groups excluding carboxylic acids is 3. The number of H-pyrrole nitrogens is 2. The van der Waals surface area contributed by atoms with Gasteiger partial charge in [-0.1, -0.05) is 62.4 Å². The molecule has 4 atom stereocenters. The first-order valence-corrected chi connectivity index (χ1v) is 19.6. The summed E-state index contributed by atoms with van der Waals surface area (Å²) in [5.41, 5.74) is 6.01. The lowest BCUT2D eigenvalue weighted by Crippen LogP contribution is -2.53. The van der Waals surface area contributed by atoms with Crippen molar-refractivity contribution in [1.82, 2.24) is 45.7 Å². The zero-order chi connectivity index (χ0) is 38.1. The maximum atomic E-state index is 13.8. The number of alkyl carbamates (subject to hydrolysis) is 1. The molecule has 4 aliphatic rings. The number of ether oxygens (including phenoxy) is 1. The van der Waals surface area contributed by atoms with Gasteiger partial charge in [-0.15, -0.1) is 0 Å². The number of imidazole rings is 2. The van der Waals surface area contributed by atoms with E-state index in [2.05, 4.69) is 93.3 Å². The highest BCUT2D eigenvalue weighted by atomic mass is 16.5. The number of methoxy groups -OCH3 is 1. The number of hydrogen-bond acceptors (Lipinski definition) is 9. The number of nitrogens with one attached hydrogen (secondary N) is 5. The highest BCUT2D eigenvalue weighted by molar-refractivity contribution is 5.90. The molecule has 0 bridgehead atoms. The molecule has 4 aromatic rings. The van der Waals surface area contributed by atoms with Crippen LogP contribution in [0.15, 0.2) is 65.9 Å². The van der Waals surface area contributed by atoms with Gasteiger partial charge in [0.15, 0.2) is 5.96 Å². The SMILES string of the molecule is COC(=O)N[C@H](C(=O)N1CCC[C@H]1c1ncc(-c2ccc(-c3ccc(-c4cnc([C@@H]5CCCN5C(=O)[C@H](NC5=NCCN5)C(C)C)[nH]4)cc3)cc2)[nH]1)C1CC1. The van der Waals surface area contributed by atoms with Gasteiger partial charge >= 0.3 is 6.09 Å². The second-order valence-electron chi connectivity index (χ2n) is 15.4. The van der Waals surface area contributed by atoms with Crippen molar-refractivity contribution in [2.45, 2.75) is 76.5 Å². The quantitative estimate of drug-likeness (QED) is 0.140. The van der Waals surface area contributed by atoms with Crippen LogP contribution in [0.1, 0.15) is 76.1 Å². The number of benzene rings is 2. The number of nitrogens with zero attached hydrogens (tertiary/aromatic N) is 5. The van der Waals surface area contributed by atoms with Crippen molar-refractivity contribution in [1.29, 1.82) is 0 Å². The number of aliphatic imine (C=N–C) groups is 1. The van der Waals surface area contributed by atoms with Crippen LogP contribution >= 0.6 is 0 Å². The molecule has 5 heterocycles. The van der Waals surface area contributed by atoms with Crippen molar-refractivity contribution < 1.29 is 19.1 Å². The summed E-state index contributed by atoms with van der Waals surface area (Å²) in [6.45, 7) is 6.97. The number of amides is 3. The fraction of sp³-hybridized carbons (Fsp3) is 0.463. The van der Waals surface area contributed by atoms with Gasteiger partial charge < -0.3 is 40.5 Å². The van der Waals surface area contributed by atoms with Crippen LogP contribution in [0.2, 0.25) is 0 Å². The van der Waals surface area contributed by atoms with Crippen LogP contribution in [0.5, 0.6) is 0 Å². The molecular weight excluding hydrogens is 697 g/mol. The Kier molecular flexibility index (Phi) is 10.3. The van der Waals surface area contributed by atoms with E-state index in [4.69, 9.17) is 14.7 Å². The fourth-order valence-corrected chi connectivity index (χ4v) is 8.13. The van der Waals surface area contributed by atoms with E-state index in [0.717, 1.165) is 96.9 Å². The van der Waals surface area contributed by atoms with Gasteiger partial charge in [0.05, 0.1) is 49.5 Å². The van der Waals surface area contributed by atoms with Crippen molar-refractivity contribution in [3.63, 3.8) is 0 Å². The average molecular weight is 747 g/mol. The molecule has 3 aliphatic heterocycles. The molecule has 3 amide bonds. The Labute approximate surface area is 320 Å². The van der Waals surface area contributed by atoms with Crippen molar-refractivity contribution >= 4 is 23.9 Å². The van der Waals surface area contributed by atoms with Gasteiger partial charge in [-0.25, -0.2) is 14.8 Å². The number of rotatable bonds is 11. The summed E-state index contributed by atoms with van der Waals surface area (Å²) >= 11 is 0. The van der Waals surface area contributed by atoms with Crippen molar-refractivity contribution in [2.75, 3.05) is 33.3 Å². The molecule has 288 valence electrons. The van der Waals surface area contributed by atoms with Crippen LogP contribution < -0.4 is 16.0 Å². The lowest BCUT2D eigenvalue weighted by atomic mass is 10.0. The van der Waals surface area contributed by atoms with E-state index in [1.54, 1.807) is 0 Å². The normalized spacial score (nSPS) is 20.6. The van der Waals surface area contributed by atoms with E-state index in [1.165, 1.54) is 7.11 Å². The Morgan fingerprint density at radius 2 is 1.29 bits per heavy atom. The second-order valence-corrected chi connectivity index (χ2v) is 15.4. The summed E-state index contributed by atoms with van der Waals surface area (Å²) in [7, 11) is 1.32. The van der Waals surface area contributed by atoms with Crippen LogP contribution in [0.25, 0.3) is 33.6 Å². The molecule has 8 rings (SSSR count). The minimum Gasteiger partial charge on any atom is -0.453 e. The Bertz CT molecular complexity index is 2030. The van der Waals surface area contributed by atoms with Crippen LogP contribution in [-0.4, -0.2) is 99.0 Å². The zero-order valence-electron chi connectivity index (χ0n) is 31.7. The first kappa shape index (κ1) is 36.3. The predicted octanol–water partition coefficient (Wildman–Crippen LogP) is 5.17. The first-order valence-electron chi connectivity index (χ1n) is 19.6. The molecule has 0 spiro atoms. The standard InChI is InChI=1S/C41H50N10O4/c1-24(2)34(48-40-42-18-19-43-40)38(52)50-20-4-6-32(50)36-44-22-30(46-36)27-12-8-25(9-13-27)26-10-14-28(15-11-26)31-23-45-37(47-31)33-7-5-21-51(33)39(53)35(29-16-17-29)49-41(54)55-3/h8-15,22-24,29,32-35H,4-7,16-21H2,1-3H3,(H,44,46)(H,45,47)(H,49,54)(H2,42,43,48)/t32-,33-,34+,35-/m0/s1. The number of aromatic nitrogens is 4. The average Bonchev–Trinajstić information content (AvgIpc) is 3.86. The van der Waals surface area contributed by atoms with Gasteiger partial charge in [-0.2, -0.15) is 0 Å². The predicted molar refractivity (Wildman–Crippen MR) is 209 cm³/mol. The van der Waals surface area contributed by atoms with Crippen LogP contribution in [0.4, 0.5) is 4.79 Å². The van der Waals surface area contributed by atoms with E-state index in [-0.39, 0.29) is 41.8 Å². The van der Waals surface area contributed by atoms with Crippen molar-refractivity contribution in [2.24, 2.45) is 16.8 Å². The minimum atomic E-state index is -0.577. The molecule has 3 fully saturated rings. The van der Waals surface area contributed by atoms with Crippen LogP contribution in [-0.2, 0) is 14.3 Å². The molecule has 2 aromatic heterocycles. The van der Waals surface area contributed by atoms with Crippen molar-refractivity contribution in [3.8, 4) is 33.6 Å². The Morgan fingerprint density at radius 3 is 1.76 bits per heavy atom. The van der Waals surface area contributed by atoms with Gasteiger partial charge in [-0.3, -0.25) is 14.6 Å². The molecule has 1 aliphatic carbocycles. The summed E-state index contributed by atoms with van der Waals surface area (Å²) in [5, 5.41) is 9.33. The molecule has 0 radical (unpaired) electrons. The highest BCUT2D eigenvalue weighted by Crippen LogP contribution is 2.38. The third-order valence-corrected chi connectivity index (χ3v) is 11.3. The fourth-order valence-electron chi connectivity index (χ4n) is 8.13. The molecule has 14 nitrogen and oxygen atoms in total. The maximum absolute atomic E-state index is 13.8. The van der Waals surface area contributed by atoms with Gasteiger partial charge in [0, 0.05) is 19.6 Å². The van der Waals surface area contributed by atoms with E-state index >= 15 is 0 Å². The first-order chi connectivity index (χ1) is 26.8. The van der Waals surface area contributed by atoms with Gasteiger partial charge in [0.2, 0.25) is 11.8 Å². The molecule has 2 saturated heterocycles. The van der Waals surface area contributed by atoms with E-state index < -0.39 is 12.1 Å². The molecule has 5 N–H and O–H groups in total. The lowest BCUT2D eigenvalue weighted by molar-refractivity contribution is -0.135. The Morgan fingerprint density at radius 1 is 0.764 bits per heavy atom. The Balaban J connectivity index is 0.909. The van der Waals surface area contributed by atoms with Gasteiger partial charge in [0.25, 0.3) is 0 Å². The van der Waals surface area contributed by atoms with E-state index in [1.807, 2.05) is 22.2 Å². The van der Waals surface area contributed by atoms with E-state index in [9.17, 15) is 14.4 Å². The smallest absolute Gasteiger partial charge is 0.407 e. The monoisotopic (exact) mass is 746 g/mol. The summed E-state index contributed by atoms with van der Waals surface area (Å²) in [6.07, 6.45) is 8.45. The summed E-state index contributed by atoms with van der Waals surface area (Å²) in [6, 6.07) is 15.6. The highest BCUT2D eigenvalue weighted by Gasteiger charge is 2.43. The topological polar surface area (TPSA) is 173 Å². The molecule has 0 unspecified atom stereocenters. The molecular formula is C41H50N10O4. The number of likely N-dealkylation sites (tertiary alicyclic amines) is 2. The molecule has 55 heavy (non-hydrogen) atoms. The lowest BCUT2D eigenvalue weighted by Gasteiger charge is -2.30. The number of aromatic amines is 2. The van der Waals surface area contributed by atoms with Crippen LogP contribution in [0.3, 0.4) is 0 Å². The summed E-state index contributed by atoms with van der Waals surface area (Å²) in [4.78, 5) is 64.0. The number of carbonyl (C=O) groups is 3. The third kappa shape index (κ3) is 7.67. The third-order valence-electron chi connectivity index (χ3n) is 11.3. The van der Waals surface area contributed by atoms with Crippen LogP contribution in [0, 0.1) is 11.8 Å². The Hall–Kier alpha value is -5.66. The second kappa shape index (κ2) is 15.6. The van der Waals surface area contributed by atoms with Gasteiger partial charge in [-0.05, 0) is 72.6 Å². The minimum absolute atomic E-state index is 0.0687. The van der Waals surface area contributed by atoms with E-state index in [0.29, 0.717) is 19.0 Å². The number of guanidine groups is 1. The molecule has 1 saturated carbocycles. The van der Waals surface area contributed by atoms with Gasteiger partial charge in [0.1, 0.15) is 23.7 Å². The zero-order valence-corrected chi connectivity index (χ0v) is 31.7. The molecule has 14 heteroatoms. The maximum Gasteiger partial charge on any atom is 0.407 e. The number of hydrogen-bond donors (Lipinski definition) is 5. The summed E-state index contributed by atoms with van der Waals surface area (Å²) in [5.74, 6) is 2.54. The molecule has 2 aromatic carbocycles.